The number of carbonyl (C=O) groups excluding carboxylic acids is 1. The molecule has 0 aromatic heterocycles. The lowest BCUT2D eigenvalue weighted by atomic mass is 10.2. The predicted molar refractivity (Wildman–Crippen MR) is 61.5 cm³/mol. The van der Waals surface area contributed by atoms with E-state index >= 15 is 0 Å². The molecule has 92 valence electrons. The molecule has 0 aliphatic carbocycles. The first kappa shape index (κ1) is 13.4. The number of hydrogen-bond donors (Lipinski definition) is 1. The van der Waals surface area contributed by atoms with Crippen LogP contribution in [0.3, 0.4) is 0 Å². The van der Waals surface area contributed by atoms with Crippen molar-refractivity contribution < 1.29 is 24.5 Å². The van der Waals surface area contributed by atoms with Crippen molar-refractivity contribution in [1.29, 1.82) is 0 Å². The van der Waals surface area contributed by atoms with Crippen LogP contribution in [-0.4, -0.2) is 29.1 Å². The number of benzene rings is 1. The van der Waals surface area contributed by atoms with Gasteiger partial charge in [0.25, 0.3) is 0 Å². The number of thioether (sulfide) groups is 1. The summed E-state index contributed by atoms with van der Waals surface area (Å²) in [6, 6.07) is 3.42. The van der Waals surface area contributed by atoms with Gasteiger partial charge < -0.3 is 14.9 Å². The lowest BCUT2D eigenvalue weighted by molar-refractivity contribution is -0.268. The highest BCUT2D eigenvalue weighted by Gasteiger charge is 2.07. The van der Waals surface area contributed by atoms with Crippen LogP contribution in [0.1, 0.15) is 16.8 Å². The molecule has 5 nitrogen and oxygen atoms in total. The van der Waals surface area contributed by atoms with Crippen molar-refractivity contribution in [2.75, 3.05) is 12.0 Å². The normalized spacial score (nSPS) is 9.94. The molecule has 0 saturated heterocycles. The molecule has 0 heterocycles. The zero-order valence-electron chi connectivity index (χ0n) is 9.13. The Bertz CT molecular complexity index is 430. The summed E-state index contributed by atoms with van der Waals surface area (Å²) in [4.78, 5) is 21.8. The number of aromatic carboxylic acids is 1. The van der Waals surface area contributed by atoms with Crippen LogP contribution in [0.25, 0.3) is 0 Å². The SMILES string of the molecule is CSCCC(=O)Oc1ccc(C(=O)O)c([O-])c1. The Morgan fingerprint density at radius 1 is 1.47 bits per heavy atom. The van der Waals surface area contributed by atoms with Gasteiger partial charge in [0.15, 0.2) is 0 Å². The lowest BCUT2D eigenvalue weighted by Gasteiger charge is -2.12. The first-order chi connectivity index (χ1) is 8.04. The van der Waals surface area contributed by atoms with Crippen LogP contribution in [-0.2, 0) is 4.79 Å². The third-order valence-corrected chi connectivity index (χ3v) is 2.54. The number of carbonyl (C=O) groups is 2. The summed E-state index contributed by atoms with van der Waals surface area (Å²) in [5.74, 6) is -1.70. The van der Waals surface area contributed by atoms with Crippen molar-refractivity contribution >= 4 is 23.7 Å². The molecule has 0 saturated carbocycles. The summed E-state index contributed by atoms with van der Waals surface area (Å²) in [7, 11) is 0. The van der Waals surface area contributed by atoms with Crippen LogP contribution in [0.5, 0.6) is 11.5 Å². The van der Waals surface area contributed by atoms with Crippen molar-refractivity contribution in [3.05, 3.63) is 23.8 Å². The first-order valence-corrected chi connectivity index (χ1v) is 6.18. The molecule has 6 heteroatoms. The average molecular weight is 255 g/mol. The highest BCUT2D eigenvalue weighted by molar-refractivity contribution is 7.98. The van der Waals surface area contributed by atoms with Gasteiger partial charge in [0.1, 0.15) is 5.75 Å². The van der Waals surface area contributed by atoms with Gasteiger partial charge in [0, 0.05) is 5.75 Å². The van der Waals surface area contributed by atoms with Gasteiger partial charge in [-0.25, -0.2) is 4.79 Å². The second-order valence-electron chi connectivity index (χ2n) is 3.18. The van der Waals surface area contributed by atoms with E-state index in [9.17, 15) is 14.7 Å². The Kier molecular flexibility index (Phi) is 4.84. The topological polar surface area (TPSA) is 86.7 Å². The van der Waals surface area contributed by atoms with Gasteiger partial charge in [-0.15, -0.1) is 0 Å². The molecule has 0 aliphatic heterocycles. The van der Waals surface area contributed by atoms with Crippen LogP contribution in [0.2, 0.25) is 0 Å². The number of esters is 1. The minimum atomic E-state index is -1.30. The van der Waals surface area contributed by atoms with Gasteiger partial charge in [-0.1, -0.05) is 5.75 Å². The molecule has 0 aliphatic rings. The van der Waals surface area contributed by atoms with Crippen molar-refractivity contribution in [2.45, 2.75) is 6.42 Å². The van der Waals surface area contributed by atoms with E-state index in [1.165, 1.54) is 17.8 Å². The lowest BCUT2D eigenvalue weighted by Crippen LogP contribution is -2.10. The summed E-state index contributed by atoms with van der Waals surface area (Å²) >= 11 is 1.51. The van der Waals surface area contributed by atoms with E-state index < -0.39 is 17.7 Å². The first-order valence-electron chi connectivity index (χ1n) is 4.78. The Morgan fingerprint density at radius 2 is 2.18 bits per heavy atom. The van der Waals surface area contributed by atoms with E-state index in [-0.39, 0.29) is 17.7 Å². The molecule has 1 aromatic carbocycles. The minimum Gasteiger partial charge on any atom is -0.872 e. The molecule has 0 spiro atoms. The second-order valence-corrected chi connectivity index (χ2v) is 4.17. The Balaban J connectivity index is 2.70. The predicted octanol–water partition coefficient (Wildman–Crippen LogP) is 1.12. The number of rotatable bonds is 5. The molecule has 1 rings (SSSR count). The molecule has 0 atom stereocenters. The van der Waals surface area contributed by atoms with Gasteiger partial charge >= 0.3 is 11.9 Å². The molecular formula is C11H11O5S-. The van der Waals surface area contributed by atoms with Crippen LogP contribution in [0, 0.1) is 0 Å². The van der Waals surface area contributed by atoms with E-state index in [1.807, 2.05) is 6.26 Å². The van der Waals surface area contributed by atoms with E-state index in [0.29, 0.717) is 5.75 Å². The third-order valence-electron chi connectivity index (χ3n) is 1.93. The summed E-state index contributed by atoms with van der Waals surface area (Å²) in [5.41, 5.74) is -0.339. The van der Waals surface area contributed by atoms with Crippen LogP contribution >= 0.6 is 11.8 Å². The fourth-order valence-electron chi connectivity index (χ4n) is 1.11. The van der Waals surface area contributed by atoms with Gasteiger partial charge in [0.2, 0.25) is 0 Å². The Labute approximate surface area is 102 Å². The number of carboxylic acid groups (broad SMARTS) is 1. The molecular weight excluding hydrogens is 244 g/mol. The molecule has 0 bridgehead atoms. The maximum atomic E-state index is 11.3. The standard InChI is InChI=1S/C11H12O5S/c1-17-5-4-10(13)16-7-2-3-8(11(14)15)9(12)6-7/h2-3,6,12H,4-5H2,1H3,(H,14,15)/p-1. The van der Waals surface area contributed by atoms with E-state index in [4.69, 9.17) is 9.84 Å². The largest absolute Gasteiger partial charge is 0.872 e. The van der Waals surface area contributed by atoms with Crippen molar-refractivity contribution in [3.8, 4) is 11.5 Å². The molecule has 17 heavy (non-hydrogen) atoms. The van der Waals surface area contributed by atoms with Crippen LogP contribution in [0.15, 0.2) is 18.2 Å². The van der Waals surface area contributed by atoms with E-state index in [1.54, 1.807) is 0 Å². The van der Waals surface area contributed by atoms with E-state index in [2.05, 4.69) is 0 Å². The summed E-state index contributed by atoms with van der Waals surface area (Å²) in [6.45, 7) is 0. The van der Waals surface area contributed by atoms with Gasteiger partial charge in [-0.05, 0) is 24.5 Å². The highest BCUT2D eigenvalue weighted by atomic mass is 32.2. The molecule has 0 unspecified atom stereocenters. The fourth-order valence-corrected chi connectivity index (χ4v) is 1.48. The number of carboxylic acids is 1. The fraction of sp³-hybridized carbons (Fsp3) is 0.273. The van der Waals surface area contributed by atoms with E-state index in [0.717, 1.165) is 12.1 Å². The smallest absolute Gasteiger partial charge is 0.335 e. The van der Waals surface area contributed by atoms with Gasteiger partial charge in [-0.2, -0.15) is 11.8 Å². The molecule has 0 fully saturated rings. The Morgan fingerprint density at radius 3 is 2.71 bits per heavy atom. The maximum absolute atomic E-state index is 11.3. The third kappa shape index (κ3) is 3.99. The molecule has 1 N–H and O–H groups in total. The molecule has 1 aromatic rings. The highest BCUT2D eigenvalue weighted by Crippen LogP contribution is 2.21. The Hall–Kier alpha value is -1.69. The molecule has 0 amide bonds. The van der Waals surface area contributed by atoms with Gasteiger partial charge in [-0.3, -0.25) is 4.79 Å². The average Bonchev–Trinajstić information content (AvgIpc) is 2.26. The number of hydrogen-bond acceptors (Lipinski definition) is 5. The van der Waals surface area contributed by atoms with Gasteiger partial charge in [0.05, 0.1) is 12.0 Å². The van der Waals surface area contributed by atoms with Crippen molar-refractivity contribution in [3.63, 3.8) is 0 Å². The van der Waals surface area contributed by atoms with Crippen LogP contribution < -0.4 is 9.84 Å². The second kappa shape index (κ2) is 6.15. The monoisotopic (exact) mass is 255 g/mol. The maximum Gasteiger partial charge on any atom is 0.335 e. The quantitative estimate of drug-likeness (QED) is 0.626. The van der Waals surface area contributed by atoms with Crippen molar-refractivity contribution in [2.24, 2.45) is 0 Å². The zero-order valence-corrected chi connectivity index (χ0v) is 9.95. The molecule has 0 radical (unpaired) electrons. The summed E-state index contributed by atoms with van der Waals surface area (Å²) in [5, 5.41) is 19.9. The number of ether oxygens (including phenoxy) is 1. The van der Waals surface area contributed by atoms with Crippen molar-refractivity contribution in [1.82, 2.24) is 0 Å². The summed E-state index contributed by atoms with van der Waals surface area (Å²) in [6.07, 6.45) is 2.11. The summed E-state index contributed by atoms with van der Waals surface area (Å²) < 4.78 is 4.89. The minimum absolute atomic E-state index is 0.0751. The van der Waals surface area contributed by atoms with Crippen LogP contribution in [0.4, 0.5) is 0 Å². The zero-order chi connectivity index (χ0) is 12.8.